The van der Waals surface area contributed by atoms with Crippen molar-refractivity contribution in [3.63, 3.8) is 0 Å². The molecule has 0 radical (unpaired) electrons. The third-order valence-electron chi connectivity index (χ3n) is 5.85. The van der Waals surface area contributed by atoms with Crippen LogP contribution in [0.4, 0.5) is 0 Å². The Balaban J connectivity index is 3.34. The van der Waals surface area contributed by atoms with Crippen LogP contribution in [0.3, 0.4) is 0 Å². The van der Waals surface area contributed by atoms with E-state index in [2.05, 4.69) is 77.1 Å². The van der Waals surface area contributed by atoms with Crippen LogP contribution in [-0.4, -0.2) is 13.2 Å². The Bertz CT molecular complexity index is 531. The van der Waals surface area contributed by atoms with Gasteiger partial charge in [0.25, 0.3) is 0 Å². The Morgan fingerprint density at radius 2 is 1.34 bits per heavy atom. The topological polar surface area (TPSA) is 18.5 Å². The Morgan fingerprint density at radius 1 is 0.724 bits per heavy atom. The largest absolute Gasteiger partial charge is 0.345 e. The molecule has 0 saturated heterocycles. The van der Waals surface area contributed by atoms with Crippen molar-refractivity contribution in [1.29, 1.82) is 0 Å². The molecule has 0 heterocycles. The molecule has 2 heteroatoms. The van der Waals surface area contributed by atoms with Gasteiger partial charge < -0.3 is 9.47 Å². The molecule has 0 saturated carbocycles. The molecule has 2 nitrogen and oxygen atoms in total. The molecular formula is C27H46O2. The van der Waals surface area contributed by atoms with Crippen molar-refractivity contribution in [3.8, 4) is 0 Å². The zero-order valence-corrected chi connectivity index (χ0v) is 19.8. The van der Waals surface area contributed by atoms with E-state index < -0.39 is 5.79 Å². The maximum absolute atomic E-state index is 6.59. The van der Waals surface area contributed by atoms with Gasteiger partial charge in [0.2, 0.25) is 5.79 Å². The minimum absolute atomic E-state index is 0.157. The molecule has 0 N–H and O–H groups in total. The molecule has 1 atom stereocenters. The molecule has 166 valence electrons. The number of unbranched alkanes of at least 4 members (excludes halogenated alkanes) is 5. The highest BCUT2D eigenvalue weighted by Crippen LogP contribution is 2.52. The quantitative estimate of drug-likeness (QED) is 0.148. The zero-order chi connectivity index (χ0) is 21.4. The summed E-state index contributed by atoms with van der Waals surface area (Å²) in [6.07, 6.45) is 16.9. The van der Waals surface area contributed by atoms with Crippen LogP contribution in [0.25, 0.3) is 0 Å². The molecule has 0 aromatic heterocycles. The maximum Gasteiger partial charge on any atom is 0.204 e. The summed E-state index contributed by atoms with van der Waals surface area (Å²) in [6.45, 7) is 12.2. The van der Waals surface area contributed by atoms with Crippen molar-refractivity contribution >= 4 is 0 Å². The lowest BCUT2D eigenvalue weighted by atomic mass is 9.68. The molecule has 1 aromatic carbocycles. The molecule has 0 aliphatic heterocycles. The summed E-state index contributed by atoms with van der Waals surface area (Å²) in [5.41, 5.74) is 0.986. The second-order valence-corrected chi connectivity index (χ2v) is 8.08. The van der Waals surface area contributed by atoms with Gasteiger partial charge in [-0.2, -0.15) is 0 Å². The van der Waals surface area contributed by atoms with Crippen LogP contribution >= 0.6 is 0 Å². The minimum atomic E-state index is -0.733. The molecular weight excluding hydrogens is 356 g/mol. The van der Waals surface area contributed by atoms with Crippen LogP contribution in [-0.2, 0) is 15.3 Å². The fourth-order valence-electron chi connectivity index (χ4n) is 4.59. The number of hydrogen-bond acceptors (Lipinski definition) is 2. The first-order valence-electron chi connectivity index (χ1n) is 12.2. The average Bonchev–Trinajstić information content (AvgIpc) is 2.74. The van der Waals surface area contributed by atoms with E-state index in [9.17, 15) is 0 Å². The molecule has 29 heavy (non-hydrogen) atoms. The Kier molecular flexibility index (Phi) is 13.2. The van der Waals surface area contributed by atoms with E-state index >= 15 is 0 Å². The van der Waals surface area contributed by atoms with Crippen molar-refractivity contribution in [3.05, 3.63) is 48.0 Å². The van der Waals surface area contributed by atoms with Gasteiger partial charge in [-0.05, 0) is 33.1 Å². The minimum Gasteiger partial charge on any atom is -0.345 e. The maximum atomic E-state index is 6.59. The zero-order valence-electron chi connectivity index (χ0n) is 19.8. The van der Waals surface area contributed by atoms with E-state index in [4.69, 9.17) is 9.47 Å². The summed E-state index contributed by atoms with van der Waals surface area (Å²) in [6, 6.07) is 10.6. The third kappa shape index (κ3) is 7.26. The molecule has 0 spiro atoms. The van der Waals surface area contributed by atoms with E-state index in [-0.39, 0.29) is 5.41 Å². The number of hydrogen-bond donors (Lipinski definition) is 0. The van der Waals surface area contributed by atoms with Crippen LogP contribution in [0.15, 0.2) is 42.5 Å². The van der Waals surface area contributed by atoms with Crippen molar-refractivity contribution < 1.29 is 9.47 Å². The highest BCUT2D eigenvalue weighted by Gasteiger charge is 2.52. The first kappa shape index (κ1) is 25.9. The van der Waals surface area contributed by atoms with Crippen LogP contribution in [0.1, 0.15) is 104 Å². The fraction of sp³-hybridized carbons (Fsp3) is 0.704. The van der Waals surface area contributed by atoms with Gasteiger partial charge in [0.15, 0.2) is 0 Å². The predicted molar refractivity (Wildman–Crippen MR) is 126 cm³/mol. The first-order valence-corrected chi connectivity index (χ1v) is 12.2. The van der Waals surface area contributed by atoms with E-state index in [0.29, 0.717) is 13.2 Å². The standard InChI is InChI=1S/C27H46O2/c1-6-11-13-14-15-19-24-26(22-8-3,23-12-7-2)27(28-9-4,29-10-5)25-20-17-16-18-21-25/h12,16-18,20-21,23H,6-11,13-15,19,22,24H2,1-5H3. The molecule has 1 rings (SSSR count). The predicted octanol–water partition coefficient (Wildman–Crippen LogP) is 8.42. The molecule has 0 aliphatic carbocycles. The summed E-state index contributed by atoms with van der Waals surface area (Å²) in [7, 11) is 0. The molecule has 1 unspecified atom stereocenters. The van der Waals surface area contributed by atoms with Gasteiger partial charge in [0, 0.05) is 24.2 Å². The van der Waals surface area contributed by atoms with Crippen LogP contribution < -0.4 is 0 Å². The van der Waals surface area contributed by atoms with Crippen molar-refractivity contribution in [2.45, 2.75) is 105 Å². The highest BCUT2D eigenvalue weighted by atomic mass is 16.7. The third-order valence-corrected chi connectivity index (χ3v) is 5.85. The number of rotatable bonds is 17. The van der Waals surface area contributed by atoms with Crippen LogP contribution in [0.5, 0.6) is 0 Å². The van der Waals surface area contributed by atoms with E-state index in [1.54, 1.807) is 0 Å². The molecule has 1 aromatic rings. The van der Waals surface area contributed by atoms with Gasteiger partial charge in [-0.15, -0.1) is 0 Å². The highest BCUT2D eigenvalue weighted by molar-refractivity contribution is 5.26. The van der Waals surface area contributed by atoms with E-state index in [1.165, 1.54) is 38.5 Å². The van der Waals surface area contributed by atoms with Gasteiger partial charge in [-0.1, -0.05) is 108 Å². The van der Waals surface area contributed by atoms with Gasteiger partial charge in [-0.25, -0.2) is 0 Å². The lowest BCUT2D eigenvalue weighted by Crippen LogP contribution is -2.49. The lowest BCUT2D eigenvalue weighted by molar-refractivity contribution is -0.300. The van der Waals surface area contributed by atoms with Crippen LogP contribution in [0, 0.1) is 5.41 Å². The smallest absolute Gasteiger partial charge is 0.204 e. The fourth-order valence-corrected chi connectivity index (χ4v) is 4.59. The molecule has 0 amide bonds. The lowest BCUT2D eigenvalue weighted by Gasteiger charge is -2.49. The van der Waals surface area contributed by atoms with Crippen molar-refractivity contribution in [1.82, 2.24) is 0 Å². The summed E-state index contributed by atoms with van der Waals surface area (Å²) in [5.74, 6) is -0.733. The van der Waals surface area contributed by atoms with Crippen LogP contribution in [0.2, 0.25) is 0 Å². The van der Waals surface area contributed by atoms with Gasteiger partial charge in [0.1, 0.15) is 0 Å². The van der Waals surface area contributed by atoms with Crippen molar-refractivity contribution in [2.75, 3.05) is 13.2 Å². The number of benzene rings is 1. The number of ether oxygens (including phenoxy) is 2. The van der Waals surface area contributed by atoms with E-state index in [0.717, 1.165) is 31.2 Å². The molecule has 0 aliphatic rings. The monoisotopic (exact) mass is 402 g/mol. The van der Waals surface area contributed by atoms with Gasteiger partial charge >= 0.3 is 0 Å². The van der Waals surface area contributed by atoms with Gasteiger partial charge in [-0.3, -0.25) is 0 Å². The summed E-state index contributed by atoms with van der Waals surface area (Å²) in [4.78, 5) is 0. The SMILES string of the molecule is CCC=CC(CCC)(CCCCCCCC)C(OCC)(OCC)c1ccccc1. The average molecular weight is 403 g/mol. The second-order valence-electron chi connectivity index (χ2n) is 8.08. The number of allylic oxidation sites excluding steroid dienone is 1. The first-order chi connectivity index (χ1) is 14.2. The van der Waals surface area contributed by atoms with Crippen molar-refractivity contribution in [2.24, 2.45) is 5.41 Å². The summed E-state index contributed by atoms with van der Waals surface area (Å²) in [5, 5.41) is 0. The molecule has 0 bridgehead atoms. The van der Waals surface area contributed by atoms with E-state index in [1.807, 2.05) is 0 Å². The normalized spacial score (nSPS) is 14.4. The molecule has 0 fully saturated rings. The van der Waals surface area contributed by atoms with Gasteiger partial charge in [0.05, 0.1) is 0 Å². The Hall–Kier alpha value is -1.12. The Morgan fingerprint density at radius 3 is 1.90 bits per heavy atom. The second kappa shape index (κ2) is 14.8. The summed E-state index contributed by atoms with van der Waals surface area (Å²) < 4.78 is 13.2. The summed E-state index contributed by atoms with van der Waals surface area (Å²) >= 11 is 0. The Labute approximate surface area is 181 Å².